The van der Waals surface area contributed by atoms with Gasteiger partial charge < -0.3 is 9.47 Å². The van der Waals surface area contributed by atoms with Crippen LogP contribution < -0.4 is 19.8 Å². The maximum atomic E-state index is 13.9. The Balaban J connectivity index is 1.55. The van der Waals surface area contributed by atoms with Crippen molar-refractivity contribution in [1.29, 1.82) is 0 Å². The molecule has 2 heterocycles. The molecule has 1 N–H and O–H groups in total. The van der Waals surface area contributed by atoms with Gasteiger partial charge in [-0.1, -0.05) is 23.7 Å². The molecule has 2 aromatic heterocycles. The first-order valence-corrected chi connectivity index (χ1v) is 14.5. The van der Waals surface area contributed by atoms with Crippen molar-refractivity contribution < 1.29 is 31.1 Å². The highest BCUT2D eigenvalue weighted by atomic mass is 35.5. The van der Waals surface area contributed by atoms with Crippen LogP contribution in [0.1, 0.15) is 32.4 Å². The summed E-state index contributed by atoms with van der Waals surface area (Å²) >= 11 is 6.25. The third-order valence-electron chi connectivity index (χ3n) is 6.35. The van der Waals surface area contributed by atoms with E-state index in [1.807, 2.05) is 6.07 Å². The summed E-state index contributed by atoms with van der Waals surface area (Å²) in [4.78, 5) is 16.8. The number of pyridine rings is 1. The summed E-state index contributed by atoms with van der Waals surface area (Å²) in [6.45, 7) is 4.02. The molecule has 14 heteroatoms. The molecule has 0 saturated heterocycles. The van der Waals surface area contributed by atoms with Gasteiger partial charge in [0.1, 0.15) is 24.1 Å². The molecule has 224 valence electrons. The first-order valence-electron chi connectivity index (χ1n) is 12.6. The SMILES string of the molecule is COc1ccc2c(OCCn3nc(-c4ccc(C(NS(=O)(=O)C(C)(C)C)C(F)(F)F)c(Cl)c4)ccc3=O)ccnc2c1. The van der Waals surface area contributed by atoms with Gasteiger partial charge in [0.05, 0.1) is 29.6 Å². The number of aromatic nitrogens is 3. The smallest absolute Gasteiger partial charge is 0.408 e. The average molecular weight is 625 g/mol. The molecule has 1 atom stereocenters. The topological polar surface area (TPSA) is 112 Å². The molecular weight excluding hydrogens is 597 g/mol. The number of methoxy groups -OCH3 is 1. The van der Waals surface area contributed by atoms with Crippen LogP contribution in [-0.4, -0.2) is 47.8 Å². The summed E-state index contributed by atoms with van der Waals surface area (Å²) in [6.07, 6.45) is -3.37. The average Bonchev–Trinajstić information content (AvgIpc) is 2.91. The number of ether oxygens (including phenoxy) is 2. The predicted molar refractivity (Wildman–Crippen MR) is 153 cm³/mol. The fraction of sp³-hybridized carbons (Fsp3) is 0.321. The van der Waals surface area contributed by atoms with Gasteiger partial charge in [0.2, 0.25) is 10.0 Å². The molecule has 0 amide bonds. The number of sulfonamides is 1. The zero-order valence-corrected chi connectivity index (χ0v) is 24.6. The van der Waals surface area contributed by atoms with E-state index in [1.165, 1.54) is 49.7 Å². The zero-order chi connectivity index (χ0) is 30.9. The maximum Gasteiger partial charge on any atom is 0.408 e. The number of alkyl halides is 3. The number of halogens is 4. The summed E-state index contributed by atoms with van der Waals surface area (Å²) < 4.78 is 79.3. The van der Waals surface area contributed by atoms with E-state index in [1.54, 1.807) is 36.2 Å². The van der Waals surface area contributed by atoms with Crippen LogP contribution >= 0.6 is 11.6 Å². The van der Waals surface area contributed by atoms with Gasteiger partial charge in [0, 0.05) is 34.3 Å². The molecule has 0 aliphatic carbocycles. The quantitative estimate of drug-likeness (QED) is 0.261. The van der Waals surface area contributed by atoms with Gasteiger partial charge in [0.15, 0.2) is 0 Å². The second-order valence-corrected chi connectivity index (χ2v) is 13.1. The number of benzene rings is 2. The highest BCUT2D eigenvalue weighted by Crippen LogP contribution is 2.39. The van der Waals surface area contributed by atoms with Crippen LogP contribution in [0.3, 0.4) is 0 Å². The fourth-order valence-corrected chi connectivity index (χ4v) is 5.13. The lowest BCUT2D eigenvalue weighted by Gasteiger charge is -2.27. The first-order chi connectivity index (χ1) is 19.6. The summed E-state index contributed by atoms with van der Waals surface area (Å²) in [5.41, 5.74) is 0.381. The molecule has 0 bridgehead atoms. The van der Waals surface area contributed by atoms with E-state index in [4.69, 9.17) is 21.1 Å². The normalized spacial score (nSPS) is 13.2. The lowest BCUT2D eigenvalue weighted by Crippen LogP contribution is -2.45. The first kappa shape index (κ1) is 31.3. The zero-order valence-electron chi connectivity index (χ0n) is 23.1. The van der Waals surface area contributed by atoms with Crippen LogP contribution in [0, 0.1) is 0 Å². The molecule has 9 nitrogen and oxygen atoms in total. The Morgan fingerprint density at radius 1 is 1.05 bits per heavy atom. The van der Waals surface area contributed by atoms with E-state index in [0.717, 1.165) is 11.5 Å². The minimum absolute atomic E-state index is 0.0726. The van der Waals surface area contributed by atoms with E-state index < -0.39 is 38.1 Å². The summed E-state index contributed by atoms with van der Waals surface area (Å²) in [7, 11) is -2.81. The monoisotopic (exact) mass is 624 g/mol. The largest absolute Gasteiger partial charge is 0.497 e. The fourth-order valence-electron chi connectivity index (χ4n) is 3.92. The second-order valence-electron chi connectivity index (χ2n) is 10.3. The summed E-state index contributed by atoms with van der Waals surface area (Å²) in [6, 6.07) is 10.8. The van der Waals surface area contributed by atoms with Crippen molar-refractivity contribution in [1.82, 2.24) is 19.5 Å². The van der Waals surface area contributed by atoms with Crippen molar-refractivity contribution in [3.63, 3.8) is 0 Å². The third-order valence-corrected chi connectivity index (χ3v) is 8.84. The highest BCUT2D eigenvalue weighted by molar-refractivity contribution is 7.90. The van der Waals surface area contributed by atoms with Crippen molar-refractivity contribution in [3.8, 4) is 22.8 Å². The number of fused-ring (bicyclic) bond motifs is 1. The molecule has 4 aromatic rings. The van der Waals surface area contributed by atoms with Crippen LogP contribution in [-0.2, 0) is 16.6 Å². The molecule has 2 aromatic carbocycles. The van der Waals surface area contributed by atoms with Crippen molar-refractivity contribution >= 4 is 32.5 Å². The van der Waals surface area contributed by atoms with E-state index in [2.05, 4.69) is 10.1 Å². The van der Waals surface area contributed by atoms with Crippen LogP contribution in [0.15, 0.2) is 65.6 Å². The number of nitrogens with zero attached hydrogens (tertiary/aromatic N) is 3. The number of rotatable bonds is 9. The van der Waals surface area contributed by atoms with Crippen molar-refractivity contribution in [3.05, 3.63) is 81.7 Å². The molecule has 4 rings (SSSR count). The third kappa shape index (κ3) is 6.85. The van der Waals surface area contributed by atoms with Gasteiger partial charge in [-0.25, -0.2) is 13.1 Å². The molecule has 0 radical (unpaired) electrons. The molecule has 0 saturated carbocycles. The van der Waals surface area contributed by atoms with Gasteiger partial charge in [-0.2, -0.15) is 23.0 Å². The van der Waals surface area contributed by atoms with Gasteiger partial charge in [0.25, 0.3) is 5.56 Å². The second kappa shape index (κ2) is 11.9. The number of hydrogen-bond acceptors (Lipinski definition) is 7. The predicted octanol–water partition coefficient (Wildman–Crippen LogP) is 5.52. The van der Waals surface area contributed by atoms with E-state index >= 15 is 0 Å². The van der Waals surface area contributed by atoms with E-state index in [-0.39, 0.29) is 23.9 Å². The minimum atomic E-state index is -4.96. The van der Waals surface area contributed by atoms with Gasteiger partial charge >= 0.3 is 6.18 Å². The molecule has 0 aliphatic heterocycles. The summed E-state index contributed by atoms with van der Waals surface area (Å²) in [5.74, 6) is 1.20. The van der Waals surface area contributed by atoms with E-state index in [9.17, 15) is 26.4 Å². The van der Waals surface area contributed by atoms with Gasteiger partial charge in [-0.05, 0) is 56.7 Å². The molecule has 0 spiro atoms. The molecule has 0 fully saturated rings. The molecular formula is C28H28ClF3N4O5S. The van der Waals surface area contributed by atoms with E-state index in [0.29, 0.717) is 22.6 Å². The Bertz CT molecular complexity index is 1770. The lowest BCUT2D eigenvalue weighted by molar-refractivity contribution is -0.153. The maximum absolute atomic E-state index is 13.9. The van der Waals surface area contributed by atoms with Crippen LogP contribution in [0.5, 0.6) is 11.5 Å². The number of nitrogens with one attached hydrogen (secondary N) is 1. The highest BCUT2D eigenvalue weighted by Gasteiger charge is 2.46. The Morgan fingerprint density at radius 2 is 1.79 bits per heavy atom. The summed E-state index contributed by atoms with van der Waals surface area (Å²) in [5, 5.41) is 4.75. The molecule has 42 heavy (non-hydrogen) atoms. The number of hydrogen-bond donors (Lipinski definition) is 1. The van der Waals surface area contributed by atoms with Crippen LogP contribution in [0.25, 0.3) is 22.2 Å². The van der Waals surface area contributed by atoms with Gasteiger partial charge in [-0.3, -0.25) is 9.78 Å². The van der Waals surface area contributed by atoms with Crippen molar-refractivity contribution in [2.24, 2.45) is 0 Å². The van der Waals surface area contributed by atoms with Crippen molar-refractivity contribution in [2.45, 2.75) is 44.3 Å². The Labute approximate surface area is 245 Å². The van der Waals surface area contributed by atoms with Gasteiger partial charge in [-0.15, -0.1) is 0 Å². The molecule has 0 aliphatic rings. The Hall–Kier alpha value is -3.68. The van der Waals surface area contributed by atoms with Crippen molar-refractivity contribution in [2.75, 3.05) is 13.7 Å². The van der Waals surface area contributed by atoms with Crippen LogP contribution in [0.4, 0.5) is 13.2 Å². The minimum Gasteiger partial charge on any atom is -0.497 e. The Kier molecular flexibility index (Phi) is 8.86. The Morgan fingerprint density at radius 3 is 2.43 bits per heavy atom. The lowest BCUT2D eigenvalue weighted by atomic mass is 10.0. The molecule has 1 unspecified atom stereocenters. The van der Waals surface area contributed by atoms with Crippen LogP contribution in [0.2, 0.25) is 5.02 Å². The standard InChI is InChI=1S/C28H28ClF3N4O5S/c1-27(2,3)42(38,39)35-26(28(30,31)32)19-7-5-17(15-21(19)29)22-9-10-25(37)36(34-22)13-14-41-24-11-12-33-23-16-18(40-4)6-8-20(23)24/h5-12,15-16,26,35H,13-14H2,1-4H3.